The predicted octanol–water partition coefficient (Wildman–Crippen LogP) is 5.41. The Balaban J connectivity index is 1.82. The number of rotatable bonds is 4. The van der Waals surface area contributed by atoms with E-state index in [-0.39, 0.29) is 0 Å². The van der Waals surface area contributed by atoms with Crippen LogP contribution in [0.4, 0.5) is 0 Å². The van der Waals surface area contributed by atoms with Crippen LogP contribution in [0.2, 0.25) is 5.02 Å². The molecule has 0 aliphatic rings. The number of ether oxygens (including phenoxy) is 1. The van der Waals surface area contributed by atoms with Gasteiger partial charge < -0.3 is 9.84 Å². The van der Waals surface area contributed by atoms with Crippen molar-refractivity contribution in [1.82, 2.24) is 9.55 Å². The molecule has 0 radical (unpaired) electrons. The van der Waals surface area contributed by atoms with Crippen molar-refractivity contribution in [3.05, 3.63) is 77.6 Å². The molecule has 27 heavy (non-hydrogen) atoms. The highest BCUT2D eigenvalue weighted by Crippen LogP contribution is 2.34. The van der Waals surface area contributed by atoms with Gasteiger partial charge in [0.1, 0.15) is 12.1 Å². The number of hydrogen-bond donors (Lipinski definition) is 1. The van der Waals surface area contributed by atoms with E-state index in [1.807, 2.05) is 59.2 Å². The lowest BCUT2D eigenvalue weighted by Crippen LogP contribution is -1.94. The van der Waals surface area contributed by atoms with Crippen LogP contribution >= 0.6 is 11.6 Å². The van der Waals surface area contributed by atoms with E-state index in [0.717, 1.165) is 39.2 Å². The minimum absolute atomic E-state index is 0.516. The average Bonchev–Trinajstić information content (AvgIpc) is 3.11. The van der Waals surface area contributed by atoms with Gasteiger partial charge in [-0.2, -0.15) is 0 Å². The maximum atomic E-state index is 9.78. The number of aliphatic hydroxyl groups excluding tert-OH is 1. The molecule has 0 spiro atoms. The Bertz CT molecular complexity index is 1120. The van der Waals surface area contributed by atoms with Crippen molar-refractivity contribution in [2.75, 3.05) is 7.11 Å². The van der Waals surface area contributed by atoms with Gasteiger partial charge in [-0.3, -0.25) is 4.57 Å². The summed E-state index contributed by atoms with van der Waals surface area (Å²) in [7, 11) is 1.65. The minimum atomic E-state index is -0.516. The molecule has 0 aliphatic carbocycles. The lowest BCUT2D eigenvalue weighted by molar-refractivity contribution is 0.199. The predicted molar refractivity (Wildman–Crippen MR) is 109 cm³/mol. The van der Waals surface area contributed by atoms with Gasteiger partial charge in [0.25, 0.3) is 0 Å². The third-order valence-electron chi connectivity index (χ3n) is 4.65. The summed E-state index contributed by atoms with van der Waals surface area (Å²) < 4.78 is 7.52. The number of benzene rings is 3. The van der Waals surface area contributed by atoms with Gasteiger partial charge in [-0.25, -0.2) is 4.98 Å². The number of aromatic nitrogens is 2. The summed E-state index contributed by atoms with van der Waals surface area (Å²) in [5.41, 5.74) is 5.61. The van der Waals surface area contributed by atoms with Crippen molar-refractivity contribution >= 4 is 22.6 Å². The van der Waals surface area contributed by atoms with Crippen LogP contribution in [0.3, 0.4) is 0 Å². The van der Waals surface area contributed by atoms with Gasteiger partial charge in [0.2, 0.25) is 0 Å². The second-order valence-electron chi connectivity index (χ2n) is 6.43. The molecule has 1 heterocycles. The molecule has 1 N–H and O–H groups in total. The van der Waals surface area contributed by atoms with Gasteiger partial charge in [-0.15, -0.1) is 0 Å². The Labute approximate surface area is 162 Å². The first-order valence-electron chi connectivity index (χ1n) is 8.66. The minimum Gasteiger partial charge on any atom is -0.496 e. The molecule has 1 atom stereocenters. The van der Waals surface area contributed by atoms with Gasteiger partial charge in [-0.05, 0) is 60.5 Å². The number of hydrogen-bond acceptors (Lipinski definition) is 3. The van der Waals surface area contributed by atoms with Crippen LogP contribution in [0.25, 0.3) is 27.8 Å². The zero-order valence-corrected chi connectivity index (χ0v) is 15.8. The van der Waals surface area contributed by atoms with E-state index in [4.69, 9.17) is 16.3 Å². The summed E-state index contributed by atoms with van der Waals surface area (Å²) >= 11 is 6.19. The van der Waals surface area contributed by atoms with Gasteiger partial charge in [0.05, 0.1) is 24.2 Å². The lowest BCUT2D eigenvalue weighted by atomic mass is 10.0. The van der Waals surface area contributed by atoms with E-state index in [2.05, 4.69) is 11.1 Å². The van der Waals surface area contributed by atoms with Gasteiger partial charge in [0, 0.05) is 16.3 Å². The molecule has 3 aromatic carbocycles. The van der Waals surface area contributed by atoms with Crippen LogP contribution in [0.5, 0.6) is 5.75 Å². The fourth-order valence-electron chi connectivity index (χ4n) is 3.22. The largest absolute Gasteiger partial charge is 0.496 e. The number of halogens is 1. The highest BCUT2D eigenvalue weighted by Gasteiger charge is 2.11. The van der Waals surface area contributed by atoms with E-state index < -0.39 is 6.10 Å². The second kappa shape index (κ2) is 7.06. The van der Waals surface area contributed by atoms with Crippen LogP contribution < -0.4 is 4.74 Å². The van der Waals surface area contributed by atoms with Crippen LogP contribution in [-0.2, 0) is 0 Å². The number of imidazole rings is 1. The highest BCUT2D eigenvalue weighted by molar-refractivity contribution is 6.31. The molecule has 4 rings (SSSR count). The molecule has 1 aromatic heterocycles. The summed E-state index contributed by atoms with van der Waals surface area (Å²) in [4.78, 5) is 4.49. The summed E-state index contributed by atoms with van der Waals surface area (Å²) in [6.07, 6.45) is 1.28. The van der Waals surface area contributed by atoms with E-state index >= 15 is 0 Å². The van der Waals surface area contributed by atoms with E-state index in [1.54, 1.807) is 20.4 Å². The Morgan fingerprint density at radius 1 is 1.07 bits per heavy atom. The number of aliphatic hydroxyl groups is 1. The molecule has 4 nitrogen and oxygen atoms in total. The molecule has 5 heteroatoms. The molecule has 136 valence electrons. The summed E-state index contributed by atoms with van der Waals surface area (Å²) in [6, 6.07) is 19.6. The average molecular weight is 379 g/mol. The third kappa shape index (κ3) is 3.29. The first-order chi connectivity index (χ1) is 13.1. The quantitative estimate of drug-likeness (QED) is 0.516. The van der Waals surface area contributed by atoms with E-state index in [9.17, 15) is 5.11 Å². The van der Waals surface area contributed by atoms with Crippen molar-refractivity contribution in [3.8, 4) is 22.6 Å². The molecular formula is C22H19ClN2O2. The number of fused-ring (bicyclic) bond motifs is 1. The fraction of sp³-hybridized carbons (Fsp3) is 0.136. The topological polar surface area (TPSA) is 47.3 Å². The van der Waals surface area contributed by atoms with Crippen molar-refractivity contribution in [2.24, 2.45) is 0 Å². The molecule has 0 amide bonds. The molecule has 0 unspecified atom stereocenters. The Kier molecular flexibility index (Phi) is 4.60. The number of methoxy groups -OCH3 is 1. The van der Waals surface area contributed by atoms with Crippen LogP contribution in [0, 0.1) is 0 Å². The first kappa shape index (κ1) is 17.6. The molecule has 4 aromatic rings. The van der Waals surface area contributed by atoms with Crippen LogP contribution in [0.1, 0.15) is 18.6 Å². The van der Waals surface area contributed by atoms with Crippen LogP contribution in [0.15, 0.2) is 67.0 Å². The fourth-order valence-corrected chi connectivity index (χ4v) is 3.40. The number of nitrogens with zero attached hydrogens (tertiary/aromatic N) is 2. The molecule has 0 aliphatic heterocycles. The van der Waals surface area contributed by atoms with Crippen LogP contribution in [-0.4, -0.2) is 21.8 Å². The van der Waals surface area contributed by atoms with Crippen molar-refractivity contribution in [2.45, 2.75) is 13.0 Å². The summed E-state index contributed by atoms with van der Waals surface area (Å²) in [5.74, 6) is 0.772. The highest BCUT2D eigenvalue weighted by atomic mass is 35.5. The Morgan fingerprint density at radius 2 is 1.93 bits per heavy atom. The van der Waals surface area contributed by atoms with Gasteiger partial charge in [-0.1, -0.05) is 29.8 Å². The van der Waals surface area contributed by atoms with Gasteiger partial charge in [0.15, 0.2) is 0 Å². The lowest BCUT2D eigenvalue weighted by Gasteiger charge is -2.12. The molecule has 0 bridgehead atoms. The van der Waals surface area contributed by atoms with E-state index in [0.29, 0.717) is 5.02 Å². The van der Waals surface area contributed by atoms with Crippen molar-refractivity contribution in [1.29, 1.82) is 0 Å². The molecule has 0 saturated heterocycles. The Morgan fingerprint density at radius 3 is 2.70 bits per heavy atom. The summed E-state index contributed by atoms with van der Waals surface area (Å²) in [5, 5.41) is 10.4. The third-order valence-corrected chi connectivity index (χ3v) is 4.89. The SMILES string of the molecule is COc1ccc(Cl)cc1-c1cccc(-n2cnc3cc([C@H](C)O)ccc32)c1. The zero-order valence-electron chi connectivity index (χ0n) is 15.1. The van der Waals surface area contributed by atoms with Crippen molar-refractivity contribution in [3.63, 3.8) is 0 Å². The van der Waals surface area contributed by atoms with E-state index in [1.165, 1.54) is 0 Å². The second-order valence-corrected chi connectivity index (χ2v) is 6.87. The molecule has 0 saturated carbocycles. The maximum Gasteiger partial charge on any atom is 0.126 e. The first-order valence-corrected chi connectivity index (χ1v) is 9.04. The summed E-state index contributed by atoms with van der Waals surface area (Å²) in [6.45, 7) is 1.75. The molecular weight excluding hydrogens is 360 g/mol. The monoisotopic (exact) mass is 378 g/mol. The smallest absolute Gasteiger partial charge is 0.126 e. The maximum absolute atomic E-state index is 9.78. The zero-order chi connectivity index (χ0) is 19.0. The standard InChI is InChI=1S/C22H19ClN2O2/c1-14(26)15-6-8-21-20(11-15)24-13-25(21)18-5-3-4-16(10-18)19-12-17(23)7-9-22(19)27-2/h3-14,26H,1-2H3/t14-/m0/s1. The molecule has 0 fully saturated rings. The van der Waals surface area contributed by atoms with Crippen molar-refractivity contribution < 1.29 is 9.84 Å². The normalized spacial score (nSPS) is 12.3. The van der Waals surface area contributed by atoms with Gasteiger partial charge >= 0.3 is 0 Å². The Hall–Kier alpha value is -2.82.